The summed E-state index contributed by atoms with van der Waals surface area (Å²) in [6, 6.07) is 13.1. The summed E-state index contributed by atoms with van der Waals surface area (Å²) < 4.78 is 33.5. The molecule has 2 N–H and O–H groups in total. The van der Waals surface area contributed by atoms with E-state index in [-0.39, 0.29) is 16.6 Å². The molecule has 1 amide bonds. The molecule has 0 bridgehead atoms. The number of carbonyl (C=O) groups excluding carboxylic acids is 1. The molecule has 32 heavy (non-hydrogen) atoms. The van der Waals surface area contributed by atoms with Crippen molar-refractivity contribution < 1.29 is 17.9 Å². The van der Waals surface area contributed by atoms with Gasteiger partial charge in [0.25, 0.3) is 15.9 Å². The number of sulfonamides is 1. The van der Waals surface area contributed by atoms with Gasteiger partial charge in [-0.3, -0.25) is 9.52 Å². The molecule has 0 saturated carbocycles. The van der Waals surface area contributed by atoms with Gasteiger partial charge in [-0.25, -0.2) is 18.4 Å². The Balaban J connectivity index is 1.67. The van der Waals surface area contributed by atoms with Crippen molar-refractivity contribution in [1.29, 1.82) is 0 Å². The summed E-state index contributed by atoms with van der Waals surface area (Å²) in [6.07, 6.45) is -0.732. The molecule has 0 unspecified atom stereocenters. The van der Waals surface area contributed by atoms with E-state index >= 15 is 0 Å². The van der Waals surface area contributed by atoms with Crippen LogP contribution >= 0.6 is 0 Å². The van der Waals surface area contributed by atoms with Crippen LogP contribution in [0.15, 0.2) is 53.4 Å². The van der Waals surface area contributed by atoms with Crippen LogP contribution in [0.25, 0.3) is 0 Å². The Kier molecular flexibility index (Phi) is 6.78. The molecule has 8 nitrogen and oxygen atoms in total. The quantitative estimate of drug-likeness (QED) is 0.560. The number of nitrogens with zero attached hydrogens (tertiary/aromatic N) is 2. The van der Waals surface area contributed by atoms with Crippen molar-refractivity contribution in [3.05, 3.63) is 71.2 Å². The molecule has 1 aromatic heterocycles. The van der Waals surface area contributed by atoms with E-state index in [1.54, 1.807) is 26.8 Å². The highest BCUT2D eigenvalue weighted by Gasteiger charge is 2.18. The molecule has 0 saturated heterocycles. The van der Waals surface area contributed by atoms with E-state index in [2.05, 4.69) is 20.0 Å². The Morgan fingerprint density at radius 3 is 2.34 bits per heavy atom. The Morgan fingerprint density at radius 1 is 1.00 bits per heavy atom. The summed E-state index contributed by atoms with van der Waals surface area (Å²) in [6.45, 7) is 9.02. The van der Waals surface area contributed by atoms with Crippen molar-refractivity contribution in [3.8, 4) is 5.75 Å². The molecular formula is C23H26N4O4S. The van der Waals surface area contributed by atoms with E-state index in [0.29, 0.717) is 23.0 Å². The van der Waals surface area contributed by atoms with Gasteiger partial charge in [0.2, 0.25) is 0 Å². The Labute approximate surface area is 188 Å². The third-order valence-corrected chi connectivity index (χ3v) is 6.24. The van der Waals surface area contributed by atoms with Crippen LogP contribution < -0.4 is 14.8 Å². The van der Waals surface area contributed by atoms with E-state index < -0.39 is 16.1 Å². The van der Waals surface area contributed by atoms with Crippen LogP contribution in [-0.4, -0.2) is 30.4 Å². The number of anilines is 2. The number of ether oxygens (including phenoxy) is 1. The van der Waals surface area contributed by atoms with E-state index in [1.165, 1.54) is 24.3 Å². The first-order valence-electron chi connectivity index (χ1n) is 10.0. The first kappa shape index (κ1) is 23.2. The zero-order chi connectivity index (χ0) is 23.5. The summed E-state index contributed by atoms with van der Waals surface area (Å²) >= 11 is 0. The fourth-order valence-electron chi connectivity index (χ4n) is 3.02. The lowest BCUT2D eigenvalue weighted by Crippen LogP contribution is -2.30. The van der Waals surface area contributed by atoms with Gasteiger partial charge in [0.15, 0.2) is 6.10 Å². The molecule has 0 aliphatic carbocycles. The van der Waals surface area contributed by atoms with Gasteiger partial charge in [-0.1, -0.05) is 12.1 Å². The number of hydrogen-bond donors (Lipinski definition) is 2. The number of amides is 1. The highest BCUT2D eigenvalue weighted by Crippen LogP contribution is 2.22. The molecule has 0 fully saturated rings. The summed E-state index contributed by atoms with van der Waals surface area (Å²) in [5.74, 6) is 0.977. The Hall–Kier alpha value is -3.46. The average molecular weight is 455 g/mol. The molecule has 9 heteroatoms. The predicted octanol–water partition coefficient (Wildman–Crippen LogP) is 3.92. The van der Waals surface area contributed by atoms with Crippen LogP contribution in [0.5, 0.6) is 5.75 Å². The third-order valence-electron chi connectivity index (χ3n) is 4.87. The normalized spacial score (nSPS) is 12.2. The molecule has 168 valence electrons. The number of nitrogens with one attached hydrogen (secondary N) is 2. The van der Waals surface area contributed by atoms with Gasteiger partial charge < -0.3 is 10.1 Å². The maximum absolute atomic E-state index is 12.6. The molecule has 0 aliphatic heterocycles. The van der Waals surface area contributed by atoms with Crippen molar-refractivity contribution in [2.75, 3.05) is 10.0 Å². The second-order valence-corrected chi connectivity index (χ2v) is 9.20. The van der Waals surface area contributed by atoms with E-state index in [0.717, 1.165) is 11.1 Å². The lowest BCUT2D eigenvalue weighted by Gasteiger charge is -2.17. The Morgan fingerprint density at radius 2 is 1.69 bits per heavy atom. The summed E-state index contributed by atoms with van der Waals surface area (Å²) in [5.41, 5.74) is 3.17. The minimum atomic E-state index is -3.84. The standard InChI is InChI=1S/C23H26N4O4S/c1-14-7-6-8-21(16(14)3)31-17(4)23(28)26-19-9-11-20(12-10-19)32(29,30)27-22-13-15(2)24-18(5)25-22/h6-13,17H,1-5H3,(H,26,28)(H,24,25,27)/t17-/m0/s1. The van der Waals surface area contributed by atoms with Gasteiger partial charge in [0.1, 0.15) is 17.4 Å². The summed E-state index contributed by atoms with van der Waals surface area (Å²) in [5, 5.41) is 2.74. The van der Waals surface area contributed by atoms with E-state index in [1.807, 2.05) is 32.0 Å². The maximum atomic E-state index is 12.6. The fourth-order valence-corrected chi connectivity index (χ4v) is 4.02. The number of aromatic nitrogens is 2. The van der Waals surface area contributed by atoms with Gasteiger partial charge >= 0.3 is 0 Å². The van der Waals surface area contributed by atoms with E-state index in [4.69, 9.17) is 4.74 Å². The molecular weight excluding hydrogens is 428 g/mol. The zero-order valence-electron chi connectivity index (χ0n) is 18.6. The predicted molar refractivity (Wildman–Crippen MR) is 123 cm³/mol. The summed E-state index contributed by atoms with van der Waals surface area (Å²) in [4.78, 5) is 20.8. The minimum Gasteiger partial charge on any atom is -0.481 e. The second-order valence-electron chi connectivity index (χ2n) is 7.52. The number of benzene rings is 2. The van der Waals surface area contributed by atoms with Crippen molar-refractivity contribution in [2.24, 2.45) is 0 Å². The van der Waals surface area contributed by atoms with Gasteiger partial charge in [-0.15, -0.1) is 0 Å². The van der Waals surface area contributed by atoms with Crippen molar-refractivity contribution in [2.45, 2.75) is 45.6 Å². The van der Waals surface area contributed by atoms with Gasteiger partial charge in [-0.05, 0) is 76.1 Å². The Bertz CT molecular complexity index is 1220. The highest BCUT2D eigenvalue weighted by molar-refractivity contribution is 7.92. The fraction of sp³-hybridized carbons (Fsp3) is 0.261. The number of hydrogen-bond acceptors (Lipinski definition) is 6. The number of aryl methyl sites for hydroxylation is 3. The maximum Gasteiger partial charge on any atom is 0.265 e. The van der Waals surface area contributed by atoms with Gasteiger partial charge in [0, 0.05) is 17.4 Å². The lowest BCUT2D eigenvalue weighted by molar-refractivity contribution is -0.122. The topological polar surface area (TPSA) is 110 Å². The molecule has 2 aromatic carbocycles. The van der Waals surface area contributed by atoms with Gasteiger partial charge in [-0.2, -0.15) is 0 Å². The van der Waals surface area contributed by atoms with Crippen molar-refractivity contribution >= 4 is 27.4 Å². The average Bonchev–Trinajstić information content (AvgIpc) is 2.70. The van der Waals surface area contributed by atoms with Crippen LogP contribution in [0.1, 0.15) is 29.6 Å². The minimum absolute atomic E-state index is 0.0455. The molecule has 0 spiro atoms. The smallest absolute Gasteiger partial charge is 0.265 e. The molecule has 1 atom stereocenters. The molecule has 0 aliphatic rings. The molecule has 0 radical (unpaired) electrons. The number of carbonyl (C=O) groups is 1. The van der Waals surface area contributed by atoms with Crippen LogP contribution in [0.3, 0.4) is 0 Å². The third kappa shape index (κ3) is 5.61. The van der Waals surface area contributed by atoms with Crippen LogP contribution in [0, 0.1) is 27.7 Å². The largest absolute Gasteiger partial charge is 0.481 e. The van der Waals surface area contributed by atoms with Crippen LogP contribution in [-0.2, 0) is 14.8 Å². The molecule has 3 rings (SSSR count). The molecule has 1 heterocycles. The monoisotopic (exact) mass is 454 g/mol. The second kappa shape index (κ2) is 9.35. The first-order valence-corrected chi connectivity index (χ1v) is 11.5. The van der Waals surface area contributed by atoms with Crippen LogP contribution in [0.2, 0.25) is 0 Å². The first-order chi connectivity index (χ1) is 15.0. The number of rotatable bonds is 7. The van der Waals surface area contributed by atoms with E-state index in [9.17, 15) is 13.2 Å². The van der Waals surface area contributed by atoms with Crippen molar-refractivity contribution in [1.82, 2.24) is 9.97 Å². The van der Waals surface area contributed by atoms with Crippen molar-refractivity contribution in [3.63, 3.8) is 0 Å². The van der Waals surface area contributed by atoms with Crippen LogP contribution in [0.4, 0.5) is 11.5 Å². The van der Waals surface area contributed by atoms with Gasteiger partial charge in [0.05, 0.1) is 4.90 Å². The highest BCUT2D eigenvalue weighted by atomic mass is 32.2. The summed E-state index contributed by atoms with van der Waals surface area (Å²) in [7, 11) is -3.84. The molecule has 3 aromatic rings. The lowest BCUT2D eigenvalue weighted by atomic mass is 10.1. The SMILES string of the molecule is Cc1cc(NS(=O)(=O)c2ccc(NC(=O)[C@H](C)Oc3cccc(C)c3C)cc2)nc(C)n1. The zero-order valence-corrected chi connectivity index (χ0v) is 19.4.